The second kappa shape index (κ2) is 7.64. The Bertz CT molecular complexity index is 840. The Morgan fingerprint density at radius 2 is 2.12 bits per heavy atom. The Labute approximate surface area is 152 Å². The first-order valence-electron chi connectivity index (χ1n) is 8.39. The fourth-order valence-corrected chi connectivity index (χ4v) is 3.10. The molecule has 26 heavy (non-hydrogen) atoms. The van der Waals surface area contributed by atoms with Crippen LogP contribution in [0.1, 0.15) is 27.0 Å². The number of hydrogen-bond acceptors (Lipinski definition) is 5. The maximum Gasteiger partial charge on any atom is 0.546 e. The third kappa shape index (κ3) is 3.74. The van der Waals surface area contributed by atoms with E-state index in [4.69, 9.17) is 4.65 Å². The molecular formula is C19H21BN2O4. The topological polar surface area (TPSA) is 90.8 Å². The molecule has 1 unspecified atom stereocenters. The summed E-state index contributed by atoms with van der Waals surface area (Å²) in [5.74, 6) is -1.27. The van der Waals surface area contributed by atoms with Crippen molar-refractivity contribution >= 4 is 18.8 Å². The Morgan fingerprint density at radius 1 is 1.35 bits per heavy atom. The molecule has 0 aromatic heterocycles. The van der Waals surface area contributed by atoms with E-state index >= 15 is 0 Å². The lowest BCUT2D eigenvalue weighted by Gasteiger charge is -2.30. The van der Waals surface area contributed by atoms with Crippen LogP contribution < -0.4 is 15.3 Å². The van der Waals surface area contributed by atoms with Crippen LogP contribution in [0.25, 0.3) is 5.70 Å². The first-order chi connectivity index (χ1) is 12.5. The van der Waals surface area contributed by atoms with E-state index in [1.807, 2.05) is 31.3 Å². The van der Waals surface area contributed by atoms with Crippen LogP contribution in [0.3, 0.4) is 0 Å². The molecule has 1 atom stereocenters. The Hall–Kier alpha value is -2.77. The highest BCUT2D eigenvalue weighted by Gasteiger charge is 2.37. The normalized spacial score (nSPS) is 15.8. The van der Waals surface area contributed by atoms with Gasteiger partial charge in [0.1, 0.15) is 5.75 Å². The first-order valence-corrected chi connectivity index (χ1v) is 8.39. The van der Waals surface area contributed by atoms with E-state index in [0.717, 1.165) is 23.2 Å². The quantitative estimate of drug-likeness (QED) is 0.592. The zero-order valence-corrected chi connectivity index (χ0v) is 14.5. The van der Waals surface area contributed by atoms with E-state index in [9.17, 15) is 14.9 Å². The molecule has 6 nitrogen and oxygen atoms in total. The fourth-order valence-electron chi connectivity index (χ4n) is 3.10. The Kier molecular flexibility index (Phi) is 5.30. The predicted octanol–water partition coefficient (Wildman–Crippen LogP) is 1.69. The molecule has 7 heteroatoms. The standard InChI is InChI=1S/C19H21BN2O4/c1-12(14-6-3-5-13(9-14)11-21-2)22-17-10-15-7-4-8-16(19(23)24)18(15)26-20(17)25/h3-9,17,21-22,25H,1,10-11H2,2H3,(H,23,24). The molecule has 0 fully saturated rings. The number of nitrogens with one attached hydrogen (secondary N) is 2. The Balaban J connectivity index is 1.77. The number of carboxylic acids is 1. The summed E-state index contributed by atoms with van der Waals surface area (Å²) in [6.45, 7) is 4.82. The molecule has 0 saturated heterocycles. The molecule has 1 aliphatic rings. The lowest BCUT2D eigenvalue weighted by molar-refractivity contribution is 0.0694. The van der Waals surface area contributed by atoms with Gasteiger partial charge in [-0.25, -0.2) is 4.79 Å². The highest BCUT2D eigenvalue weighted by atomic mass is 16.5. The van der Waals surface area contributed by atoms with Gasteiger partial charge in [0.2, 0.25) is 0 Å². The minimum atomic E-state index is -1.17. The van der Waals surface area contributed by atoms with Crippen molar-refractivity contribution in [3.8, 4) is 5.75 Å². The number of rotatable bonds is 6. The molecule has 0 bridgehead atoms. The summed E-state index contributed by atoms with van der Waals surface area (Å²) < 4.78 is 5.50. The van der Waals surface area contributed by atoms with Crippen LogP contribution >= 0.6 is 0 Å². The lowest BCUT2D eigenvalue weighted by Crippen LogP contribution is -2.50. The zero-order valence-electron chi connectivity index (χ0n) is 14.5. The number of para-hydroxylation sites is 1. The van der Waals surface area contributed by atoms with Crippen LogP contribution in [-0.2, 0) is 13.0 Å². The molecular weight excluding hydrogens is 331 g/mol. The van der Waals surface area contributed by atoms with Crippen molar-refractivity contribution in [1.82, 2.24) is 10.6 Å². The summed E-state index contributed by atoms with van der Waals surface area (Å²) in [6, 6.07) is 12.9. The Morgan fingerprint density at radius 3 is 2.85 bits per heavy atom. The number of carbonyl (C=O) groups is 1. The summed E-state index contributed by atoms with van der Waals surface area (Å²) in [5.41, 5.74) is 3.52. The van der Waals surface area contributed by atoms with Crippen LogP contribution in [0.5, 0.6) is 5.75 Å². The smallest absolute Gasteiger partial charge is 0.534 e. The predicted molar refractivity (Wildman–Crippen MR) is 101 cm³/mol. The van der Waals surface area contributed by atoms with Crippen LogP contribution in [0.2, 0.25) is 0 Å². The summed E-state index contributed by atoms with van der Waals surface area (Å²) in [6.07, 6.45) is 0.437. The monoisotopic (exact) mass is 352 g/mol. The van der Waals surface area contributed by atoms with Crippen molar-refractivity contribution in [3.05, 3.63) is 71.3 Å². The van der Waals surface area contributed by atoms with Crippen LogP contribution in [0.15, 0.2) is 49.0 Å². The van der Waals surface area contributed by atoms with Gasteiger partial charge >= 0.3 is 13.1 Å². The van der Waals surface area contributed by atoms with E-state index in [1.54, 1.807) is 12.1 Å². The molecule has 0 spiro atoms. The lowest BCUT2D eigenvalue weighted by atomic mass is 9.72. The van der Waals surface area contributed by atoms with Crippen molar-refractivity contribution in [2.75, 3.05) is 7.05 Å². The van der Waals surface area contributed by atoms with Gasteiger partial charge in [-0.05, 0) is 42.3 Å². The second-order valence-corrected chi connectivity index (χ2v) is 6.27. The van der Waals surface area contributed by atoms with Gasteiger partial charge in [-0.2, -0.15) is 0 Å². The van der Waals surface area contributed by atoms with E-state index < -0.39 is 19.0 Å². The van der Waals surface area contributed by atoms with Gasteiger partial charge in [-0.3, -0.25) is 0 Å². The number of carboxylic acid groups (broad SMARTS) is 1. The average Bonchev–Trinajstić information content (AvgIpc) is 2.62. The van der Waals surface area contributed by atoms with Crippen molar-refractivity contribution < 1.29 is 19.6 Å². The molecule has 2 aromatic carbocycles. The molecule has 0 radical (unpaired) electrons. The van der Waals surface area contributed by atoms with Crippen molar-refractivity contribution in [3.63, 3.8) is 0 Å². The maximum atomic E-state index is 11.3. The third-order valence-electron chi connectivity index (χ3n) is 4.37. The van der Waals surface area contributed by atoms with Gasteiger partial charge in [0, 0.05) is 12.2 Å². The highest BCUT2D eigenvalue weighted by molar-refractivity contribution is 6.46. The van der Waals surface area contributed by atoms with Gasteiger partial charge in [0.05, 0.1) is 11.5 Å². The van der Waals surface area contributed by atoms with Crippen LogP contribution in [0, 0.1) is 0 Å². The summed E-state index contributed by atoms with van der Waals surface area (Å²) >= 11 is 0. The SMILES string of the molecule is C=C(NC1Cc2cccc(C(=O)O)c2OB1O)c1cccc(CNC)c1. The van der Waals surface area contributed by atoms with E-state index in [2.05, 4.69) is 17.2 Å². The summed E-state index contributed by atoms with van der Waals surface area (Å²) in [5, 5.41) is 25.9. The summed E-state index contributed by atoms with van der Waals surface area (Å²) in [4.78, 5) is 11.3. The molecule has 1 aliphatic heterocycles. The zero-order chi connectivity index (χ0) is 18.7. The minimum absolute atomic E-state index is 0.0543. The molecule has 1 heterocycles. The van der Waals surface area contributed by atoms with Gasteiger partial charge in [0.15, 0.2) is 0 Å². The van der Waals surface area contributed by atoms with Gasteiger partial charge in [0.25, 0.3) is 0 Å². The summed E-state index contributed by atoms with van der Waals surface area (Å²) in [7, 11) is 0.721. The van der Waals surface area contributed by atoms with Crippen molar-refractivity contribution in [2.24, 2.45) is 0 Å². The molecule has 134 valence electrons. The minimum Gasteiger partial charge on any atom is -0.534 e. The molecule has 4 N–H and O–H groups in total. The van der Waals surface area contributed by atoms with Gasteiger partial charge < -0.3 is 25.4 Å². The van der Waals surface area contributed by atoms with Crippen LogP contribution in [-0.4, -0.2) is 36.2 Å². The number of aromatic carboxylic acids is 1. The van der Waals surface area contributed by atoms with Gasteiger partial charge in [-0.15, -0.1) is 0 Å². The second-order valence-electron chi connectivity index (χ2n) is 6.27. The van der Waals surface area contributed by atoms with E-state index in [1.165, 1.54) is 6.07 Å². The molecule has 0 aliphatic carbocycles. The number of fused-ring (bicyclic) bond motifs is 1. The average molecular weight is 352 g/mol. The molecule has 0 saturated carbocycles. The molecule has 3 rings (SSSR count). The van der Waals surface area contributed by atoms with Crippen molar-refractivity contribution in [1.29, 1.82) is 0 Å². The van der Waals surface area contributed by atoms with Crippen molar-refractivity contribution in [2.45, 2.75) is 18.9 Å². The van der Waals surface area contributed by atoms with E-state index in [-0.39, 0.29) is 11.3 Å². The van der Waals surface area contributed by atoms with Gasteiger partial charge in [-0.1, -0.05) is 36.9 Å². The maximum absolute atomic E-state index is 11.3. The number of hydrogen-bond donors (Lipinski definition) is 4. The highest BCUT2D eigenvalue weighted by Crippen LogP contribution is 2.30. The molecule has 0 amide bonds. The third-order valence-corrected chi connectivity index (χ3v) is 4.37. The van der Waals surface area contributed by atoms with E-state index in [0.29, 0.717) is 12.1 Å². The fraction of sp³-hybridized carbons (Fsp3) is 0.211. The van der Waals surface area contributed by atoms with Crippen LogP contribution in [0.4, 0.5) is 0 Å². The first kappa shape index (κ1) is 18.0. The number of benzene rings is 2. The largest absolute Gasteiger partial charge is 0.546 e. The molecule has 2 aromatic rings.